The SMILES string of the molecule is CCOCCCNc1nccn1CC(C)C. The third kappa shape index (κ3) is 4.66. The summed E-state index contributed by atoms with van der Waals surface area (Å²) in [5, 5.41) is 3.33. The summed E-state index contributed by atoms with van der Waals surface area (Å²) in [4.78, 5) is 4.30. The lowest BCUT2D eigenvalue weighted by atomic mass is 10.2. The molecule has 0 fully saturated rings. The Balaban J connectivity index is 2.27. The van der Waals surface area contributed by atoms with E-state index in [2.05, 4.69) is 28.7 Å². The number of ether oxygens (including phenoxy) is 1. The number of nitrogens with one attached hydrogen (secondary N) is 1. The number of aromatic nitrogens is 2. The van der Waals surface area contributed by atoms with Gasteiger partial charge in [-0.15, -0.1) is 0 Å². The van der Waals surface area contributed by atoms with E-state index in [0.29, 0.717) is 5.92 Å². The Labute approximate surface area is 98.0 Å². The molecule has 1 rings (SSSR count). The Hall–Kier alpha value is -1.03. The van der Waals surface area contributed by atoms with Crippen molar-refractivity contribution in [2.24, 2.45) is 5.92 Å². The lowest BCUT2D eigenvalue weighted by Crippen LogP contribution is -2.12. The van der Waals surface area contributed by atoms with Crippen LogP contribution in [0.25, 0.3) is 0 Å². The molecule has 1 N–H and O–H groups in total. The fourth-order valence-corrected chi connectivity index (χ4v) is 1.54. The van der Waals surface area contributed by atoms with E-state index in [-0.39, 0.29) is 0 Å². The molecule has 0 amide bonds. The van der Waals surface area contributed by atoms with Crippen LogP contribution in [-0.2, 0) is 11.3 Å². The molecule has 0 aliphatic heterocycles. The molecule has 0 unspecified atom stereocenters. The maximum Gasteiger partial charge on any atom is 0.202 e. The topological polar surface area (TPSA) is 39.1 Å². The first-order valence-corrected chi connectivity index (χ1v) is 6.06. The Morgan fingerprint density at radius 3 is 3.00 bits per heavy atom. The summed E-state index contributed by atoms with van der Waals surface area (Å²) in [6.45, 7) is 9.96. The van der Waals surface area contributed by atoms with Gasteiger partial charge in [-0.05, 0) is 19.3 Å². The summed E-state index contributed by atoms with van der Waals surface area (Å²) >= 11 is 0. The van der Waals surface area contributed by atoms with Gasteiger partial charge in [0.1, 0.15) is 0 Å². The molecule has 1 heterocycles. The first-order chi connectivity index (χ1) is 7.74. The van der Waals surface area contributed by atoms with Crippen LogP contribution in [0.2, 0.25) is 0 Å². The zero-order chi connectivity index (χ0) is 11.8. The highest BCUT2D eigenvalue weighted by atomic mass is 16.5. The normalized spacial score (nSPS) is 11.0. The van der Waals surface area contributed by atoms with Crippen molar-refractivity contribution in [2.45, 2.75) is 33.7 Å². The minimum atomic E-state index is 0.637. The molecule has 1 aromatic rings. The van der Waals surface area contributed by atoms with Gasteiger partial charge in [0.2, 0.25) is 5.95 Å². The second-order valence-electron chi connectivity index (χ2n) is 4.27. The van der Waals surface area contributed by atoms with Crippen LogP contribution >= 0.6 is 0 Å². The van der Waals surface area contributed by atoms with Crippen LogP contribution < -0.4 is 5.32 Å². The molecular formula is C12H23N3O. The molecule has 0 radical (unpaired) electrons. The van der Waals surface area contributed by atoms with Gasteiger partial charge in [-0.25, -0.2) is 4.98 Å². The van der Waals surface area contributed by atoms with Crippen LogP contribution in [0.3, 0.4) is 0 Å². The van der Waals surface area contributed by atoms with Gasteiger partial charge in [0.15, 0.2) is 0 Å². The molecule has 0 saturated heterocycles. The fourth-order valence-electron chi connectivity index (χ4n) is 1.54. The van der Waals surface area contributed by atoms with E-state index in [9.17, 15) is 0 Å². The molecule has 0 aliphatic carbocycles. The molecule has 0 bridgehead atoms. The van der Waals surface area contributed by atoms with Crippen LogP contribution in [0.15, 0.2) is 12.4 Å². The predicted molar refractivity (Wildman–Crippen MR) is 66.7 cm³/mol. The van der Waals surface area contributed by atoms with Gasteiger partial charge in [-0.3, -0.25) is 0 Å². The van der Waals surface area contributed by atoms with E-state index < -0.39 is 0 Å². The molecule has 92 valence electrons. The summed E-state index contributed by atoms with van der Waals surface area (Å²) in [7, 11) is 0. The molecular weight excluding hydrogens is 202 g/mol. The van der Waals surface area contributed by atoms with Crippen molar-refractivity contribution in [2.75, 3.05) is 25.1 Å². The molecule has 0 aromatic carbocycles. The summed E-state index contributed by atoms with van der Waals surface area (Å²) in [5.74, 6) is 1.60. The minimum Gasteiger partial charge on any atom is -0.382 e. The number of hydrogen-bond donors (Lipinski definition) is 1. The zero-order valence-corrected chi connectivity index (χ0v) is 10.6. The number of anilines is 1. The van der Waals surface area contributed by atoms with Crippen molar-refractivity contribution in [3.63, 3.8) is 0 Å². The predicted octanol–water partition coefficient (Wildman–Crippen LogP) is 2.38. The maximum atomic E-state index is 5.28. The average molecular weight is 225 g/mol. The molecule has 1 aromatic heterocycles. The monoisotopic (exact) mass is 225 g/mol. The molecule has 4 heteroatoms. The molecule has 0 atom stereocenters. The van der Waals surface area contributed by atoms with Crippen LogP contribution in [-0.4, -0.2) is 29.3 Å². The Bertz CT molecular complexity index is 284. The van der Waals surface area contributed by atoms with Crippen LogP contribution in [0, 0.1) is 5.92 Å². The van der Waals surface area contributed by atoms with Crippen LogP contribution in [0.4, 0.5) is 5.95 Å². The molecule has 0 saturated carbocycles. The van der Waals surface area contributed by atoms with Crippen molar-refractivity contribution in [1.82, 2.24) is 9.55 Å². The highest BCUT2D eigenvalue weighted by molar-refractivity contribution is 5.25. The van der Waals surface area contributed by atoms with Crippen LogP contribution in [0.1, 0.15) is 27.2 Å². The third-order valence-electron chi connectivity index (χ3n) is 2.23. The second kappa shape index (κ2) is 7.28. The lowest BCUT2D eigenvalue weighted by molar-refractivity contribution is 0.147. The summed E-state index contributed by atoms with van der Waals surface area (Å²) < 4.78 is 7.44. The van der Waals surface area contributed by atoms with Gasteiger partial charge in [0.05, 0.1) is 0 Å². The first kappa shape index (κ1) is 13.0. The van der Waals surface area contributed by atoms with Gasteiger partial charge >= 0.3 is 0 Å². The van der Waals surface area contributed by atoms with Gasteiger partial charge in [-0.2, -0.15) is 0 Å². The van der Waals surface area contributed by atoms with E-state index in [4.69, 9.17) is 4.74 Å². The summed E-state index contributed by atoms with van der Waals surface area (Å²) in [6.07, 6.45) is 4.88. The van der Waals surface area contributed by atoms with E-state index in [1.165, 1.54) is 0 Å². The van der Waals surface area contributed by atoms with E-state index in [1.807, 2.05) is 19.3 Å². The van der Waals surface area contributed by atoms with E-state index in [1.54, 1.807) is 0 Å². The fraction of sp³-hybridized carbons (Fsp3) is 0.750. The van der Waals surface area contributed by atoms with Gasteiger partial charge in [0.25, 0.3) is 0 Å². The van der Waals surface area contributed by atoms with E-state index in [0.717, 1.165) is 38.7 Å². The molecule has 16 heavy (non-hydrogen) atoms. The standard InChI is InChI=1S/C12H23N3O/c1-4-16-9-5-6-13-12-14-7-8-15(12)10-11(2)3/h7-8,11H,4-6,9-10H2,1-3H3,(H,13,14). The molecule has 0 aliphatic rings. The van der Waals surface area contributed by atoms with Gasteiger partial charge in [-0.1, -0.05) is 13.8 Å². The highest BCUT2D eigenvalue weighted by Crippen LogP contribution is 2.07. The smallest absolute Gasteiger partial charge is 0.202 e. The van der Waals surface area contributed by atoms with Crippen molar-refractivity contribution >= 4 is 5.95 Å². The van der Waals surface area contributed by atoms with Crippen LogP contribution in [0.5, 0.6) is 0 Å². The first-order valence-electron chi connectivity index (χ1n) is 6.06. The zero-order valence-electron chi connectivity index (χ0n) is 10.6. The largest absolute Gasteiger partial charge is 0.382 e. The van der Waals surface area contributed by atoms with Gasteiger partial charge in [0, 0.05) is 38.7 Å². The Morgan fingerprint density at radius 2 is 2.31 bits per heavy atom. The van der Waals surface area contributed by atoms with Crippen molar-refractivity contribution in [3.8, 4) is 0 Å². The number of nitrogens with zero attached hydrogens (tertiary/aromatic N) is 2. The quantitative estimate of drug-likeness (QED) is 0.690. The van der Waals surface area contributed by atoms with Gasteiger partial charge < -0.3 is 14.6 Å². The average Bonchev–Trinajstić information content (AvgIpc) is 2.64. The summed E-state index contributed by atoms with van der Waals surface area (Å²) in [6, 6.07) is 0. The third-order valence-corrected chi connectivity index (χ3v) is 2.23. The van der Waals surface area contributed by atoms with E-state index >= 15 is 0 Å². The lowest BCUT2D eigenvalue weighted by Gasteiger charge is -2.11. The maximum absolute atomic E-state index is 5.28. The van der Waals surface area contributed by atoms with Crippen molar-refractivity contribution in [1.29, 1.82) is 0 Å². The second-order valence-corrected chi connectivity index (χ2v) is 4.27. The molecule has 4 nitrogen and oxygen atoms in total. The van der Waals surface area contributed by atoms with Crippen molar-refractivity contribution < 1.29 is 4.74 Å². The Morgan fingerprint density at radius 1 is 1.50 bits per heavy atom. The Kier molecular flexibility index (Phi) is 5.93. The number of rotatable bonds is 8. The number of imidazole rings is 1. The highest BCUT2D eigenvalue weighted by Gasteiger charge is 2.03. The number of hydrogen-bond acceptors (Lipinski definition) is 3. The molecule has 0 spiro atoms. The van der Waals surface area contributed by atoms with Crippen molar-refractivity contribution in [3.05, 3.63) is 12.4 Å². The summed E-state index contributed by atoms with van der Waals surface area (Å²) in [5.41, 5.74) is 0. The minimum absolute atomic E-state index is 0.637.